The zero-order valence-corrected chi connectivity index (χ0v) is 22.3. The lowest BCUT2D eigenvalue weighted by Crippen LogP contribution is -2.49. The monoisotopic (exact) mass is 546 g/mol. The Balaban J connectivity index is 1.40. The van der Waals surface area contributed by atoms with Crippen LogP contribution in [-0.2, 0) is 32.5 Å². The Morgan fingerprint density at radius 3 is 2.28 bits per heavy atom. The van der Waals surface area contributed by atoms with Crippen LogP contribution in [0.2, 0.25) is 0 Å². The second-order valence-corrected chi connectivity index (χ2v) is 11.3. The predicted octanol–water partition coefficient (Wildman–Crippen LogP) is 4.77. The molecule has 0 spiro atoms. The van der Waals surface area contributed by atoms with Crippen LogP contribution >= 0.6 is 0 Å². The summed E-state index contributed by atoms with van der Waals surface area (Å²) in [5.41, 5.74) is 4.37. The molecule has 0 fully saturated rings. The number of fused-ring (bicyclic) bond motifs is 1. The van der Waals surface area contributed by atoms with Crippen molar-refractivity contribution in [2.45, 2.75) is 37.8 Å². The highest BCUT2D eigenvalue weighted by molar-refractivity contribution is 7.89. The number of hydrogen-bond donors (Lipinski definition) is 0. The molecule has 1 atom stereocenters. The lowest BCUT2D eigenvalue weighted by atomic mass is 9.96. The van der Waals surface area contributed by atoms with Gasteiger partial charge in [0, 0.05) is 35.6 Å². The fourth-order valence-electron chi connectivity index (χ4n) is 5.06. The molecule has 0 saturated heterocycles. The Bertz CT molecular complexity index is 1660. The minimum Gasteiger partial charge on any atom is -0.456 e. The van der Waals surface area contributed by atoms with Crippen molar-refractivity contribution in [3.8, 4) is 5.69 Å². The molecule has 0 amide bonds. The Morgan fingerprint density at radius 1 is 0.923 bits per heavy atom. The van der Waals surface area contributed by atoms with Gasteiger partial charge >= 0.3 is 5.97 Å². The third kappa shape index (κ3) is 5.03. The Hall–Kier alpha value is -4.08. The summed E-state index contributed by atoms with van der Waals surface area (Å²) < 4.78 is 49.9. The lowest BCUT2D eigenvalue weighted by Gasteiger charge is -2.34. The van der Waals surface area contributed by atoms with Crippen molar-refractivity contribution >= 4 is 21.8 Å². The molecular formula is C30H27FN2O5S. The summed E-state index contributed by atoms with van der Waals surface area (Å²) in [5, 5.41) is 0. The second-order valence-electron chi connectivity index (χ2n) is 9.46. The molecule has 2 heterocycles. The van der Waals surface area contributed by atoms with Gasteiger partial charge in [0.15, 0.2) is 6.61 Å². The third-order valence-electron chi connectivity index (χ3n) is 6.99. The van der Waals surface area contributed by atoms with Gasteiger partial charge in [0.2, 0.25) is 15.8 Å². The number of aryl methyl sites for hydroxylation is 1. The van der Waals surface area contributed by atoms with Gasteiger partial charge in [-0.3, -0.25) is 9.59 Å². The van der Waals surface area contributed by atoms with Gasteiger partial charge in [0.25, 0.3) is 0 Å². The highest BCUT2D eigenvalue weighted by Gasteiger charge is 2.41. The number of esters is 1. The van der Waals surface area contributed by atoms with Crippen LogP contribution in [0.15, 0.2) is 89.8 Å². The molecule has 0 saturated carbocycles. The van der Waals surface area contributed by atoms with E-state index in [1.807, 2.05) is 54.8 Å². The van der Waals surface area contributed by atoms with Gasteiger partial charge in [0.1, 0.15) is 16.8 Å². The molecule has 3 aromatic carbocycles. The zero-order valence-electron chi connectivity index (χ0n) is 21.5. The van der Waals surface area contributed by atoms with Crippen molar-refractivity contribution in [1.82, 2.24) is 8.87 Å². The molecule has 7 nitrogen and oxygen atoms in total. The van der Waals surface area contributed by atoms with E-state index in [0.29, 0.717) is 16.8 Å². The Morgan fingerprint density at radius 2 is 1.56 bits per heavy atom. The van der Waals surface area contributed by atoms with Crippen LogP contribution < -0.4 is 0 Å². The minimum atomic E-state index is -4.39. The first-order chi connectivity index (χ1) is 18.7. The molecular weight excluding hydrogens is 519 g/mol. The Labute approximate surface area is 226 Å². The maximum Gasteiger partial charge on any atom is 0.325 e. The number of Topliss-reactive ketones (excluding diaryl/α,β-unsaturated/α-hetero) is 1. The van der Waals surface area contributed by atoms with E-state index in [0.717, 1.165) is 27.3 Å². The van der Waals surface area contributed by atoms with Crippen LogP contribution in [0, 0.1) is 19.7 Å². The molecule has 5 rings (SSSR count). The highest BCUT2D eigenvalue weighted by atomic mass is 32.2. The molecule has 39 heavy (non-hydrogen) atoms. The maximum absolute atomic E-state index is 14.5. The van der Waals surface area contributed by atoms with Crippen molar-refractivity contribution in [2.24, 2.45) is 0 Å². The SMILES string of the molecule is Cc1cc(C(=O)COC(=O)[C@@H]2Cc3ccccc3CN2S(=O)(=O)c2ccccc2F)c(C)n1-c1ccccc1. The summed E-state index contributed by atoms with van der Waals surface area (Å²) in [6.07, 6.45) is 0.0411. The van der Waals surface area contributed by atoms with E-state index in [1.165, 1.54) is 18.2 Å². The van der Waals surface area contributed by atoms with Gasteiger partial charge in [-0.25, -0.2) is 12.8 Å². The number of aromatic nitrogens is 1. The summed E-state index contributed by atoms with van der Waals surface area (Å²) in [7, 11) is -4.39. The summed E-state index contributed by atoms with van der Waals surface area (Å²) >= 11 is 0. The van der Waals surface area contributed by atoms with E-state index < -0.39 is 45.1 Å². The number of carbonyl (C=O) groups excluding carboxylic acids is 2. The van der Waals surface area contributed by atoms with E-state index in [4.69, 9.17) is 4.74 Å². The number of benzene rings is 3. The largest absolute Gasteiger partial charge is 0.456 e. The molecule has 1 aromatic heterocycles. The van der Waals surface area contributed by atoms with Gasteiger partial charge in [0.05, 0.1) is 0 Å². The number of rotatable bonds is 7. The van der Waals surface area contributed by atoms with Crippen molar-refractivity contribution < 1.29 is 27.1 Å². The van der Waals surface area contributed by atoms with Crippen molar-refractivity contribution in [1.29, 1.82) is 0 Å². The van der Waals surface area contributed by atoms with Gasteiger partial charge in [-0.15, -0.1) is 0 Å². The van der Waals surface area contributed by atoms with Crippen molar-refractivity contribution in [2.75, 3.05) is 6.61 Å². The van der Waals surface area contributed by atoms with Crippen molar-refractivity contribution in [3.63, 3.8) is 0 Å². The molecule has 1 aliphatic rings. The van der Waals surface area contributed by atoms with E-state index in [-0.39, 0.29) is 13.0 Å². The maximum atomic E-state index is 14.5. The van der Waals surface area contributed by atoms with E-state index in [9.17, 15) is 22.4 Å². The van der Waals surface area contributed by atoms with Crippen LogP contribution in [-0.4, -0.2) is 41.7 Å². The van der Waals surface area contributed by atoms with Crippen LogP contribution in [0.5, 0.6) is 0 Å². The van der Waals surface area contributed by atoms with E-state index >= 15 is 0 Å². The molecule has 4 aromatic rings. The second kappa shape index (κ2) is 10.6. The van der Waals surface area contributed by atoms with Crippen LogP contribution in [0.1, 0.15) is 32.9 Å². The third-order valence-corrected chi connectivity index (χ3v) is 8.88. The minimum absolute atomic E-state index is 0.0411. The number of hydrogen-bond acceptors (Lipinski definition) is 5. The van der Waals surface area contributed by atoms with Crippen LogP contribution in [0.4, 0.5) is 4.39 Å². The number of nitrogens with zero attached hydrogens (tertiary/aromatic N) is 2. The zero-order chi connectivity index (χ0) is 27.7. The first kappa shape index (κ1) is 26.5. The lowest BCUT2D eigenvalue weighted by molar-refractivity contribution is -0.147. The number of halogens is 1. The summed E-state index contributed by atoms with van der Waals surface area (Å²) in [6.45, 7) is 3.02. The summed E-state index contributed by atoms with van der Waals surface area (Å²) in [5.74, 6) is -2.18. The number of carbonyl (C=O) groups is 2. The number of ether oxygens (including phenoxy) is 1. The smallest absolute Gasteiger partial charge is 0.325 e. The molecule has 0 bridgehead atoms. The highest BCUT2D eigenvalue weighted by Crippen LogP contribution is 2.31. The van der Waals surface area contributed by atoms with Gasteiger partial charge in [-0.1, -0.05) is 54.6 Å². The fraction of sp³-hybridized carbons (Fsp3) is 0.200. The first-order valence-corrected chi connectivity index (χ1v) is 13.9. The molecule has 0 unspecified atom stereocenters. The molecule has 200 valence electrons. The van der Waals surface area contributed by atoms with E-state index in [1.54, 1.807) is 24.3 Å². The Kier molecular flexibility index (Phi) is 7.20. The molecule has 0 radical (unpaired) electrons. The average Bonchev–Trinajstić information content (AvgIpc) is 3.24. The summed E-state index contributed by atoms with van der Waals surface area (Å²) in [4.78, 5) is 25.9. The topological polar surface area (TPSA) is 85.7 Å². The standard InChI is InChI=1S/C30H27FN2O5S/c1-20-16-25(21(2)33(20)24-12-4-3-5-13-24)28(34)19-38-30(35)27-17-22-10-6-7-11-23(22)18-32(27)39(36,37)29-15-9-8-14-26(29)31/h3-16,27H,17-19H2,1-2H3/t27-/m0/s1. The molecule has 0 N–H and O–H groups in total. The van der Waals surface area contributed by atoms with Crippen molar-refractivity contribution in [3.05, 3.63) is 119 Å². The van der Waals surface area contributed by atoms with Gasteiger partial charge in [-0.05, 0) is 55.3 Å². The van der Waals surface area contributed by atoms with Gasteiger partial charge in [-0.2, -0.15) is 4.31 Å². The normalized spacial score (nSPS) is 15.5. The number of ketones is 1. The number of sulfonamides is 1. The quantitative estimate of drug-likeness (QED) is 0.246. The predicted molar refractivity (Wildman–Crippen MR) is 144 cm³/mol. The fourth-order valence-corrected chi connectivity index (χ4v) is 6.69. The van der Waals surface area contributed by atoms with Crippen LogP contribution in [0.25, 0.3) is 5.69 Å². The molecule has 0 aliphatic carbocycles. The molecule has 1 aliphatic heterocycles. The molecule has 9 heteroatoms. The van der Waals surface area contributed by atoms with E-state index in [2.05, 4.69) is 0 Å². The van der Waals surface area contributed by atoms with Gasteiger partial charge < -0.3 is 9.30 Å². The average molecular weight is 547 g/mol. The van der Waals surface area contributed by atoms with Crippen LogP contribution in [0.3, 0.4) is 0 Å². The first-order valence-electron chi connectivity index (χ1n) is 12.5. The number of para-hydroxylation sites is 1. The summed E-state index contributed by atoms with van der Waals surface area (Å²) in [6, 6.07) is 22.3.